The van der Waals surface area contributed by atoms with Gasteiger partial charge in [0.25, 0.3) is 0 Å². The number of benzene rings is 1. The van der Waals surface area contributed by atoms with E-state index in [2.05, 4.69) is 4.98 Å². The molecule has 0 aliphatic carbocycles. The van der Waals surface area contributed by atoms with Crippen LogP contribution in [0.1, 0.15) is 23.4 Å². The highest BCUT2D eigenvalue weighted by atomic mass is 19.4. The Bertz CT molecular complexity index is 846. The van der Waals surface area contributed by atoms with Crippen molar-refractivity contribution in [2.24, 2.45) is 7.05 Å². The number of amides is 1. The largest absolute Gasteiger partial charge is 0.425 e. The van der Waals surface area contributed by atoms with Gasteiger partial charge in [0.2, 0.25) is 11.5 Å². The van der Waals surface area contributed by atoms with Gasteiger partial charge in [0, 0.05) is 33.0 Å². The van der Waals surface area contributed by atoms with Crippen LogP contribution in [0.3, 0.4) is 0 Å². The number of alkyl halides is 6. The molecule has 11 heteroatoms. The fourth-order valence-electron chi connectivity index (χ4n) is 2.70. The molecule has 1 heterocycles. The first-order chi connectivity index (χ1) is 12.8. The van der Waals surface area contributed by atoms with Crippen molar-refractivity contribution in [1.82, 2.24) is 14.5 Å². The molecule has 5 nitrogen and oxygen atoms in total. The molecule has 0 aliphatic rings. The molecule has 1 atom stereocenters. The average molecular weight is 409 g/mol. The maximum atomic E-state index is 13.5. The molecule has 1 aromatic carbocycles. The van der Waals surface area contributed by atoms with Crippen LogP contribution < -0.4 is 0 Å². The van der Waals surface area contributed by atoms with Gasteiger partial charge in [-0.2, -0.15) is 26.3 Å². The van der Waals surface area contributed by atoms with Crippen LogP contribution in [0, 0.1) is 0 Å². The lowest BCUT2D eigenvalue weighted by Crippen LogP contribution is -2.48. The molecule has 0 spiro atoms. The number of carbonyl (C=O) groups is 1. The Morgan fingerprint density at radius 2 is 1.79 bits per heavy atom. The van der Waals surface area contributed by atoms with Crippen LogP contribution in [-0.4, -0.2) is 38.7 Å². The number of aromatic nitrogens is 2. The Kier molecular flexibility index (Phi) is 5.79. The van der Waals surface area contributed by atoms with E-state index in [0.29, 0.717) is 4.90 Å². The second kappa shape index (κ2) is 7.46. The van der Waals surface area contributed by atoms with Crippen molar-refractivity contribution in [3.05, 3.63) is 53.6 Å². The Labute approximate surface area is 156 Å². The van der Waals surface area contributed by atoms with Crippen LogP contribution >= 0.6 is 0 Å². The van der Waals surface area contributed by atoms with E-state index in [9.17, 15) is 36.2 Å². The number of hydrogen-bond donors (Lipinski definition) is 1. The summed E-state index contributed by atoms with van der Waals surface area (Å²) in [6, 6.07) is 4.43. The fourth-order valence-corrected chi connectivity index (χ4v) is 2.70. The van der Waals surface area contributed by atoms with Gasteiger partial charge in [-0.1, -0.05) is 18.2 Å². The predicted octanol–water partition coefficient (Wildman–Crippen LogP) is 3.24. The van der Waals surface area contributed by atoms with Crippen molar-refractivity contribution >= 4 is 5.91 Å². The Hall–Kier alpha value is -2.56. The molecule has 0 bridgehead atoms. The van der Waals surface area contributed by atoms with E-state index in [-0.39, 0.29) is 5.56 Å². The molecule has 1 unspecified atom stereocenters. The van der Waals surface area contributed by atoms with Gasteiger partial charge in [0.05, 0.1) is 12.0 Å². The minimum absolute atomic E-state index is 0.279. The summed E-state index contributed by atoms with van der Waals surface area (Å²) in [6.07, 6.45) is -9.14. The van der Waals surface area contributed by atoms with E-state index in [1.165, 1.54) is 19.3 Å². The lowest BCUT2D eigenvalue weighted by molar-refractivity contribution is -0.271. The maximum absolute atomic E-state index is 13.5. The van der Waals surface area contributed by atoms with Crippen molar-refractivity contribution < 1.29 is 36.2 Å². The molecule has 28 heavy (non-hydrogen) atoms. The van der Waals surface area contributed by atoms with Crippen molar-refractivity contribution in [2.45, 2.75) is 30.9 Å². The number of rotatable bonds is 5. The molecule has 0 saturated carbocycles. The third-order valence-corrected chi connectivity index (χ3v) is 4.22. The Balaban J connectivity index is 2.27. The van der Waals surface area contributed by atoms with Gasteiger partial charge < -0.3 is 14.6 Å². The summed E-state index contributed by atoms with van der Waals surface area (Å²) in [4.78, 5) is 16.5. The lowest BCUT2D eigenvalue weighted by atomic mass is 9.96. The second-order valence-electron chi connectivity index (χ2n) is 6.30. The summed E-state index contributed by atoms with van der Waals surface area (Å²) < 4.78 is 80.6. The summed E-state index contributed by atoms with van der Waals surface area (Å²) in [7, 11) is 2.28. The molecule has 1 amide bonds. The van der Waals surface area contributed by atoms with E-state index in [1.54, 1.807) is 0 Å². The first kappa shape index (κ1) is 21.7. The predicted molar refractivity (Wildman–Crippen MR) is 85.7 cm³/mol. The fraction of sp³-hybridized carbons (Fsp3) is 0.412. The molecular formula is C17H17F6N3O2. The van der Waals surface area contributed by atoms with Crippen molar-refractivity contribution in [2.75, 3.05) is 7.05 Å². The molecule has 0 aliphatic heterocycles. The molecule has 2 rings (SSSR count). The topological polar surface area (TPSA) is 58.4 Å². The van der Waals surface area contributed by atoms with Crippen molar-refractivity contribution in [1.29, 1.82) is 0 Å². The van der Waals surface area contributed by atoms with Crippen LogP contribution in [0.25, 0.3) is 0 Å². The van der Waals surface area contributed by atoms with Crippen LogP contribution in [0.4, 0.5) is 26.3 Å². The van der Waals surface area contributed by atoms with Crippen molar-refractivity contribution in [3.8, 4) is 0 Å². The molecular weight excluding hydrogens is 392 g/mol. The van der Waals surface area contributed by atoms with E-state index in [0.717, 1.165) is 36.0 Å². The Morgan fingerprint density at radius 3 is 2.29 bits per heavy atom. The number of carbonyl (C=O) groups excluding carboxylic acids is 1. The summed E-state index contributed by atoms with van der Waals surface area (Å²) in [6.45, 7) is -0.580. The molecule has 154 valence electrons. The SMILES string of the molecule is CN(Cc1ccccc1C(F)(F)F)C(=O)CC(O)(c1nccn1C)C(F)(F)F. The van der Waals surface area contributed by atoms with Crippen LogP contribution in [0.5, 0.6) is 0 Å². The summed E-state index contributed by atoms with van der Waals surface area (Å²) in [5.74, 6) is -1.99. The number of aliphatic hydroxyl groups is 1. The minimum atomic E-state index is -5.23. The highest BCUT2D eigenvalue weighted by molar-refractivity contribution is 5.77. The van der Waals surface area contributed by atoms with Gasteiger partial charge in [0.1, 0.15) is 0 Å². The molecule has 0 radical (unpaired) electrons. The van der Waals surface area contributed by atoms with Crippen LogP contribution in [0.2, 0.25) is 0 Å². The molecule has 0 saturated heterocycles. The smallest absolute Gasteiger partial charge is 0.374 e. The number of imidazole rings is 1. The zero-order valence-electron chi connectivity index (χ0n) is 14.8. The first-order valence-corrected chi connectivity index (χ1v) is 7.93. The average Bonchev–Trinajstić information content (AvgIpc) is 2.99. The summed E-state index contributed by atoms with van der Waals surface area (Å²) in [5.41, 5.74) is -4.86. The molecule has 1 N–H and O–H groups in total. The quantitative estimate of drug-likeness (QED) is 0.772. The highest BCUT2D eigenvalue weighted by Gasteiger charge is 2.58. The van der Waals surface area contributed by atoms with Gasteiger partial charge >= 0.3 is 12.4 Å². The van der Waals surface area contributed by atoms with E-state index < -0.39 is 48.2 Å². The van der Waals surface area contributed by atoms with Gasteiger partial charge in [0.15, 0.2) is 5.82 Å². The monoisotopic (exact) mass is 409 g/mol. The molecule has 2 aromatic rings. The minimum Gasteiger partial charge on any atom is -0.374 e. The maximum Gasteiger partial charge on any atom is 0.425 e. The van der Waals surface area contributed by atoms with Gasteiger partial charge in [-0.3, -0.25) is 4.79 Å². The Morgan fingerprint density at radius 1 is 1.18 bits per heavy atom. The molecule has 0 fully saturated rings. The number of halogens is 6. The zero-order chi connectivity index (χ0) is 21.3. The standard InChI is InChI=1S/C17H17F6N3O2/c1-25-8-7-24-14(25)15(28,17(21,22)23)9-13(27)26(2)10-11-5-3-4-6-12(11)16(18,19)20/h3-8,28H,9-10H2,1-2H3. The zero-order valence-corrected chi connectivity index (χ0v) is 14.8. The summed E-state index contributed by atoms with van der Waals surface area (Å²) >= 11 is 0. The van der Waals surface area contributed by atoms with Gasteiger partial charge in [-0.05, 0) is 11.6 Å². The van der Waals surface area contributed by atoms with Crippen LogP contribution in [-0.2, 0) is 30.2 Å². The van der Waals surface area contributed by atoms with E-state index in [1.807, 2.05) is 0 Å². The lowest BCUT2D eigenvalue weighted by Gasteiger charge is -2.31. The third kappa shape index (κ3) is 4.29. The number of nitrogens with zero attached hydrogens (tertiary/aromatic N) is 3. The number of aryl methyl sites for hydroxylation is 1. The number of hydrogen-bond acceptors (Lipinski definition) is 3. The summed E-state index contributed by atoms with van der Waals surface area (Å²) in [5, 5.41) is 10.2. The van der Waals surface area contributed by atoms with Gasteiger partial charge in [-0.15, -0.1) is 0 Å². The second-order valence-corrected chi connectivity index (χ2v) is 6.30. The molecule has 1 aromatic heterocycles. The highest BCUT2D eigenvalue weighted by Crippen LogP contribution is 2.41. The first-order valence-electron chi connectivity index (χ1n) is 7.93. The normalized spacial score (nSPS) is 14.6. The van der Waals surface area contributed by atoms with Crippen molar-refractivity contribution in [3.63, 3.8) is 0 Å². The van der Waals surface area contributed by atoms with E-state index >= 15 is 0 Å². The van der Waals surface area contributed by atoms with Crippen LogP contribution in [0.15, 0.2) is 36.7 Å². The third-order valence-electron chi connectivity index (χ3n) is 4.22. The van der Waals surface area contributed by atoms with Gasteiger partial charge in [-0.25, -0.2) is 4.98 Å². The van der Waals surface area contributed by atoms with E-state index in [4.69, 9.17) is 0 Å².